The molecule has 0 bridgehead atoms. The molecular formula is C42H35B2NO. The third-order valence-electron chi connectivity index (χ3n) is 10.6. The van der Waals surface area contributed by atoms with Crippen molar-refractivity contribution in [2.45, 2.75) is 41.5 Å². The number of hydrogen-bond acceptors (Lipinski definition) is 1. The van der Waals surface area contributed by atoms with Crippen LogP contribution < -0.4 is 37.5 Å². The molecule has 9 rings (SSSR count). The smallest absolute Gasteiger partial charge is 0.251 e. The lowest BCUT2D eigenvalue weighted by Gasteiger charge is -2.34. The van der Waals surface area contributed by atoms with E-state index in [0.29, 0.717) is 0 Å². The van der Waals surface area contributed by atoms with Crippen LogP contribution in [0.25, 0.3) is 27.5 Å². The van der Waals surface area contributed by atoms with E-state index in [1.54, 1.807) is 0 Å². The van der Waals surface area contributed by atoms with Crippen LogP contribution in [-0.2, 0) is 0 Å². The van der Waals surface area contributed by atoms with Gasteiger partial charge in [0.2, 0.25) is 6.71 Å². The maximum absolute atomic E-state index is 6.88. The minimum Gasteiger partial charge on any atom is -0.458 e. The van der Waals surface area contributed by atoms with Crippen molar-refractivity contribution >= 4 is 68.0 Å². The van der Waals surface area contributed by atoms with Crippen LogP contribution in [0.4, 0.5) is 0 Å². The van der Waals surface area contributed by atoms with Crippen LogP contribution in [0.3, 0.4) is 0 Å². The van der Waals surface area contributed by atoms with Crippen LogP contribution in [0.5, 0.6) is 11.5 Å². The molecule has 0 atom stereocenters. The van der Waals surface area contributed by atoms with E-state index in [-0.39, 0.29) is 13.4 Å². The lowest BCUT2D eigenvalue weighted by atomic mass is 9.32. The van der Waals surface area contributed by atoms with Gasteiger partial charge in [0.25, 0.3) is 6.71 Å². The van der Waals surface area contributed by atoms with Crippen molar-refractivity contribution in [3.05, 3.63) is 137 Å². The van der Waals surface area contributed by atoms with E-state index in [4.69, 9.17) is 4.74 Å². The first-order valence-corrected chi connectivity index (χ1v) is 16.4. The Hall–Kier alpha value is -4.95. The zero-order valence-corrected chi connectivity index (χ0v) is 27.3. The van der Waals surface area contributed by atoms with Gasteiger partial charge in [-0.1, -0.05) is 123 Å². The first-order valence-electron chi connectivity index (χ1n) is 16.4. The molecule has 0 radical (unpaired) electrons. The van der Waals surface area contributed by atoms with Gasteiger partial charge in [-0.3, -0.25) is 0 Å². The Morgan fingerprint density at radius 2 is 1.04 bits per heavy atom. The summed E-state index contributed by atoms with van der Waals surface area (Å²) in [6, 6.07) is 38.6. The molecule has 0 fully saturated rings. The molecule has 1 aromatic heterocycles. The predicted molar refractivity (Wildman–Crippen MR) is 198 cm³/mol. The van der Waals surface area contributed by atoms with Gasteiger partial charge in [-0.15, -0.1) is 0 Å². The number of ether oxygens (including phenoxy) is 1. The number of para-hydroxylation sites is 3. The summed E-state index contributed by atoms with van der Waals surface area (Å²) in [7, 11) is 0. The third kappa shape index (κ3) is 3.73. The molecule has 7 aromatic rings. The standard InChI is InChI=1S/C42H35B2NO/c1-24-18-26(3)40(27(4)19-24)43-32-14-8-10-17-38(32)46-39-23-34-37(22-35(39)43)45-36-16-9-7-12-30(36)31-13-11-15-33(42(31)45)44(34)41-28(5)20-25(2)21-29(41)6/h7-23H,1-6H3. The van der Waals surface area contributed by atoms with E-state index in [1.165, 1.54) is 93.7 Å². The number of rotatable bonds is 2. The van der Waals surface area contributed by atoms with E-state index in [9.17, 15) is 0 Å². The highest BCUT2D eigenvalue weighted by atomic mass is 16.5. The van der Waals surface area contributed by atoms with Crippen molar-refractivity contribution in [2.24, 2.45) is 0 Å². The average molecular weight is 591 g/mol. The maximum atomic E-state index is 6.88. The summed E-state index contributed by atoms with van der Waals surface area (Å²) in [6.45, 7) is 13.7. The highest BCUT2D eigenvalue weighted by Gasteiger charge is 2.40. The van der Waals surface area contributed by atoms with Crippen LogP contribution in [0.1, 0.15) is 33.4 Å². The topological polar surface area (TPSA) is 14.2 Å². The van der Waals surface area contributed by atoms with Crippen LogP contribution in [0, 0.1) is 41.5 Å². The Morgan fingerprint density at radius 1 is 0.478 bits per heavy atom. The second-order valence-corrected chi connectivity index (χ2v) is 13.7. The van der Waals surface area contributed by atoms with Crippen molar-refractivity contribution in [2.75, 3.05) is 0 Å². The molecule has 46 heavy (non-hydrogen) atoms. The Morgan fingerprint density at radius 3 is 1.74 bits per heavy atom. The Bertz CT molecular complexity index is 2390. The SMILES string of the molecule is Cc1cc(C)c(B2c3ccccc3Oc3cc4c(cc32)-n2c3ccccc3c3cccc(c32)B4c2c(C)cc(C)cc2C)c(C)c1. The molecule has 0 amide bonds. The summed E-state index contributed by atoms with van der Waals surface area (Å²) >= 11 is 0. The Kier molecular flexibility index (Phi) is 5.81. The third-order valence-corrected chi connectivity index (χ3v) is 10.6. The highest BCUT2D eigenvalue weighted by molar-refractivity contribution is 7.00. The number of benzene rings is 6. The molecule has 0 unspecified atom stereocenters. The molecule has 6 aromatic carbocycles. The van der Waals surface area contributed by atoms with Crippen molar-refractivity contribution in [3.8, 4) is 17.2 Å². The van der Waals surface area contributed by atoms with Gasteiger partial charge in [-0.2, -0.15) is 0 Å². The van der Waals surface area contributed by atoms with Gasteiger partial charge in [0.15, 0.2) is 0 Å². The lowest BCUT2D eigenvalue weighted by molar-refractivity contribution is 0.488. The van der Waals surface area contributed by atoms with E-state index in [1.807, 2.05) is 0 Å². The van der Waals surface area contributed by atoms with Crippen molar-refractivity contribution < 1.29 is 4.74 Å². The molecule has 0 saturated carbocycles. The van der Waals surface area contributed by atoms with Crippen molar-refractivity contribution in [3.63, 3.8) is 0 Å². The molecule has 3 heterocycles. The predicted octanol–water partition coefficient (Wildman–Crippen LogP) is 6.09. The number of aromatic nitrogens is 1. The van der Waals surface area contributed by atoms with Gasteiger partial charge in [0, 0.05) is 22.0 Å². The fourth-order valence-electron chi connectivity index (χ4n) is 9.05. The van der Waals surface area contributed by atoms with E-state index in [0.717, 1.165) is 11.5 Å². The normalized spacial score (nSPS) is 13.1. The van der Waals surface area contributed by atoms with Crippen molar-refractivity contribution in [1.82, 2.24) is 4.57 Å². The second-order valence-electron chi connectivity index (χ2n) is 13.7. The summed E-state index contributed by atoms with van der Waals surface area (Å²) in [6.07, 6.45) is 0. The molecule has 4 heteroatoms. The fraction of sp³-hybridized carbons (Fsp3) is 0.143. The van der Waals surface area contributed by atoms with Crippen LogP contribution >= 0.6 is 0 Å². The molecule has 2 nitrogen and oxygen atoms in total. The zero-order valence-electron chi connectivity index (χ0n) is 27.3. The molecule has 0 aliphatic carbocycles. The van der Waals surface area contributed by atoms with E-state index >= 15 is 0 Å². The second kappa shape index (κ2) is 9.77. The quantitative estimate of drug-likeness (QED) is 0.222. The van der Waals surface area contributed by atoms with Gasteiger partial charge in [-0.05, 0) is 87.7 Å². The summed E-state index contributed by atoms with van der Waals surface area (Å²) in [5, 5.41) is 2.61. The summed E-state index contributed by atoms with van der Waals surface area (Å²) < 4.78 is 9.42. The molecule has 0 saturated heterocycles. The molecule has 0 N–H and O–H groups in total. The number of hydrogen-bond donors (Lipinski definition) is 0. The number of nitrogens with zero attached hydrogens (tertiary/aromatic N) is 1. The molecule has 0 spiro atoms. The molecule has 2 aliphatic rings. The van der Waals surface area contributed by atoms with Gasteiger partial charge >= 0.3 is 0 Å². The first-order chi connectivity index (χ1) is 22.3. The average Bonchev–Trinajstić information content (AvgIpc) is 3.36. The largest absolute Gasteiger partial charge is 0.458 e. The lowest BCUT2D eigenvalue weighted by Crippen LogP contribution is -2.60. The monoisotopic (exact) mass is 591 g/mol. The molecule has 2 aliphatic heterocycles. The summed E-state index contributed by atoms with van der Waals surface area (Å²) in [5.41, 5.74) is 19.6. The zero-order chi connectivity index (χ0) is 31.4. The van der Waals surface area contributed by atoms with Gasteiger partial charge in [-0.25, -0.2) is 0 Å². The van der Waals surface area contributed by atoms with Crippen LogP contribution in [0.2, 0.25) is 0 Å². The van der Waals surface area contributed by atoms with E-state index < -0.39 is 0 Å². The first kappa shape index (κ1) is 27.4. The highest BCUT2D eigenvalue weighted by Crippen LogP contribution is 2.35. The molecular weight excluding hydrogens is 556 g/mol. The fourth-order valence-corrected chi connectivity index (χ4v) is 9.05. The van der Waals surface area contributed by atoms with E-state index in [2.05, 4.69) is 149 Å². The Labute approximate surface area is 271 Å². The molecule has 220 valence electrons. The minimum absolute atomic E-state index is 0.0710. The van der Waals surface area contributed by atoms with Crippen molar-refractivity contribution in [1.29, 1.82) is 0 Å². The van der Waals surface area contributed by atoms with Gasteiger partial charge in [0.05, 0.1) is 5.52 Å². The summed E-state index contributed by atoms with van der Waals surface area (Å²) in [4.78, 5) is 0. The van der Waals surface area contributed by atoms with Gasteiger partial charge in [0.1, 0.15) is 11.5 Å². The van der Waals surface area contributed by atoms with Gasteiger partial charge < -0.3 is 9.30 Å². The number of fused-ring (bicyclic) bond motifs is 7. The Balaban J connectivity index is 1.43. The van der Waals surface area contributed by atoms with Crippen LogP contribution in [-0.4, -0.2) is 18.0 Å². The summed E-state index contributed by atoms with van der Waals surface area (Å²) in [5.74, 6) is 1.91. The maximum Gasteiger partial charge on any atom is 0.251 e. The number of aryl methyl sites for hydroxylation is 6. The minimum atomic E-state index is 0.0710. The van der Waals surface area contributed by atoms with Crippen LogP contribution in [0.15, 0.2) is 103 Å².